The molecular weight excluding hydrogens is 399 g/mol. The van der Waals surface area contributed by atoms with Crippen LogP contribution in [0.15, 0.2) is 65.8 Å². The lowest BCUT2D eigenvalue weighted by molar-refractivity contribution is 0.355. The second-order valence-corrected chi connectivity index (χ2v) is 6.45. The van der Waals surface area contributed by atoms with Crippen molar-refractivity contribution in [1.82, 2.24) is 10.3 Å². The summed E-state index contributed by atoms with van der Waals surface area (Å²) in [5, 5.41) is 6.45. The largest absolute Gasteiger partial charge is 0.493 e. The molecule has 0 unspecified atom stereocenters. The zero-order valence-corrected chi connectivity index (χ0v) is 17.7. The molecule has 0 radical (unpaired) electrons. The summed E-state index contributed by atoms with van der Waals surface area (Å²) in [5.41, 5.74) is 1.71. The molecule has 31 heavy (non-hydrogen) atoms. The first kappa shape index (κ1) is 21.9. The summed E-state index contributed by atoms with van der Waals surface area (Å²) in [7, 11) is 3.19. The maximum absolute atomic E-state index is 13.3. The van der Waals surface area contributed by atoms with Crippen LogP contribution in [0.3, 0.4) is 0 Å². The van der Waals surface area contributed by atoms with Crippen LogP contribution in [0.25, 0.3) is 0 Å². The molecule has 8 heteroatoms. The van der Waals surface area contributed by atoms with Crippen LogP contribution >= 0.6 is 0 Å². The molecule has 0 saturated heterocycles. The van der Waals surface area contributed by atoms with Crippen LogP contribution in [0.1, 0.15) is 12.5 Å². The average Bonchev–Trinajstić information content (AvgIpc) is 2.78. The van der Waals surface area contributed by atoms with Gasteiger partial charge >= 0.3 is 0 Å². The number of aromatic nitrogens is 1. The number of halogens is 1. The van der Waals surface area contributed by atoms with Crippen molar-refractivity contribution in [1.29, 1.82) is 0 Å². The second-order valence-electron chi connectivity index (χ2n) is 6.45. The van der Waals surface area contributed by atoms with E-state index >= 15 is 0 Å². The Morgan fingerprint density at radius 3 is 2.55 bits per heavy atom. The van der Waals surface area contributed by atoms with Gasteiger partial charge in [-0.1, -0.05) is 12.1 Å². The standard InChI is InChI=1S/C23H25FN4O3/c1-4-25-23(28-18-9-10-20(29-2)21(13-18)30-3)27-15-16-8-11-22(26-14-16)31-19-7-5-6-17(24)12-19/h5-14H,4,15H2,1-3H3,(H2,25,27,28). The Labute approximate surface area is 180 Å². The molecule has 2 aromatic carbocycles. The molecule has 0 atom stereocenters. The van der Waals surface area contributed by atoms with Crippen molar-refractivity contribution in [3.8, 4) is 23.1 Å². The van der Waals surface area contributed by atoms with Crippen molar-refractivity contribution in [2.75, 3.05) is 26.1 Å². The van der Waals surface area contributed by atoms with Gasteiger partial charge in [-0.05, 0) is 36.8 Å². The van der Waals surface area contributed by atoms with Crippen LogP contribution in [-0.4, -0.2) is 31.7 Å². The molecule has 0 aliphatic carbocycles. The minimum atomic E-state index is -0.360. The number of hydrogen-bond acceptors (Lipinski definition) is 5. The number of hydrogen-bond donors (Lipinski definition) is 2. The van der Waals surface area contributed by atoms with Crippen molar-refractivity contribution < 1.29 is 18.6 Å². The number of pyridine rings is 1. The van der Waals surface area contributed by atoms with Crippen molar-refractivity contribution in [2.24, 2.45) is 4.99 Å². The molecule has 3 aromatic rings. The predicted octanol–water partition coefficient (Wildman–Crippen LogP) is 4.61. The summed E-state index contributed by atoms with van der Waals surface area (Å²) in [4.78, 5) is 8.86. The third kappa shape index (κ3) is 6.33. The van der Waals surface area contributed by atoms with Crippen LogP contribution in [-0.2, 0) is 6.54 Å². The summed E-state index contributed by atoms with van der Waals surface area (Å²) >= 11 is 0. The van der Waals surface area contributed by atoms with Gasteiger partial charge in [-0.2, -0.15) is 0 Å². The number of aliphatic imine (C=N–C) groups is 1. The molecule has 3 rings (SSSR count). The van der Waals surface area contributed by atoms with Gasteiger partial charge in [0.1, 0.15) is 11.6 Å². The van der Waals surface area contributed by atoms with Gasteiger partial charge in [0.25, 0.3) is 0 Å². The van der Waals surface area contributed by atoms with Crippen molar-refractivity contribution in [3.63, 3.8) is 0 Å². The molecule has 0 aliphatic heterocycles. The van der Waals surface area contributed by atoms with E-state index in [2.05, 4.69) is 20.6 Å². The van der Waals surface area contributed by atoms with E-state index in [9.17, 15) is 4.39 Å². The number of ether oxygens (including phenoxy) is 3. The van der Waals surface area contributed by atoms with E-state index in [1.807, 2.05) is 31.2 Å². The van der Waals surface area contributed by atoms with Crippen molar-refractivity contribution >= 4 is 11.6 Å². The van der Waals surface area contributed by atoms with Crippen LogP contribution in [0.5, 0.6) is 23.1 Å². The number of anilines is 1. The highest BCUT2D eigenvalue weighted by Crippen LogP contribution is 2.29. The molecule has 2 N–H and O–H groups in total. The molecule has 0 aliphatic rings. The SMILES string of the molecule is CCNC(=NCc1ccc(Oc2cccc(F)c2)nc1)Nc1ccc(OC)c(OC)c1. The summed E-state index contributed by atoms with van der Waals surface area (Å²) in [6.45, 7) is 3.11. The van der Waals surface area contributed by atoms with E-state index in [0.29, 0.717) is 42.2 Å². The van der Waals surface area contributed by atoms with E-state index < -0.39 is 0 Å². The molecular formula is C23H25FN4O3. The fourth-order valence-corrected chi connectivity index (χ4v) is 2.74. The highest BCUT2D eigenvalue weighted by Gasteiger charge is 2.07. The smallest absolute Gasteiger partial charge is 0.219 e. The van der Waals surface area contributed by atoms with Crippen LogP contribution < -0.4 is 24.8 Å². The van der Waals surface area contributed by atoms with Gasteiger partial charge in [0.15, 0.2) is 17.5 Å². The Hall–Kier alpha value is -3.81. The zero-order valence-electron chi connectivity index (χ0n) is 17.7. The van der Waals surface area contributed by atoms with Crippen LogP contribution in [0.2, 0.25) is 0 Å². The van der Waals surface area contributed by atoms with Gasteiger partial charge in [-0.3, -0.25) is 0 Å². The predicted molar refractivity (Wildman–Crippen MR) is 119 cm³/mol. The molecule has 0 bridgehead atoms. The van der Waals surface area contributed by atoms with Gasteiger partial charge < -0.3 is 24.8 Å². The van der Waals surface area contributed by atoms with Crippen LogP contribution in [0.4, 0.5) is 10.1 Å². The molecule has 0 amide bonds. The Balaban J connectivity index is 1.66. The minimum Gasteiger partial charge on any atom is -0.493 e. The lowest BCUT2D eigenvalue weighted by Crippen LogP contribution is -2.30. The first-order valence-corrected chi connectivity index (χ1v) is 9.77. The van der Waals surface area contributed by atoms with E-state index in [1.54, 1.807) is 38.6 Å². The quantitative estimate of drug-likeness (QED) is 0.406. The normalized spacial score (nSPS) is 11.0. The monoisotopic (exact) mass is 424 g/mol. The Morgan fingerprint density at radius 1 is 1.03 bits per heavy atom. The van der Waals surface area contributed by atoms with Crippen LogP contribution in [0, 0.1) is 5.82 Å². The lowest BCUT2D eigenvalue weighted by Gasteiger charge is -2.14. The molecule has 7 nitrogen and oxygen atoms in total. The van der Waals surface area contributed by atoms with Crippen molar-refractivity contribution in [3.05, 3.63) is 72.2 Å². The lowest BCUT2D eigenvalue weighted by atomic mass is 10.2. The Kier molecular flexibility index (Phi) is 7.64. The fourth-order valence-electron chi connectivity index (χ4n) is 2.74. The summed E-state index contributed by atoms with van der Waals surface area (Å²) in [5.74, 6) is 2.32. The molecule has 0 fully saturated rings. The molecule has 0 saturated carbocycles. The molecule has 1 heterocycles. The minimum absolute atomic E-state index is 0.360. The highest BCUT2D eigenvalue weighted by atomic mass is 19.1. The second kappa shape index (κ2) is 10.8. The van der Waals surface area contributed by atoms with Gasteiger partial charge in [-0.15, -0.1) is 0 Å². The topological polar surface area (TPSA) is 77.0 Å². The fraction of sp³-hybridized carbons (Fsp3) is 0.217. The van der Waals surface area contributed by atoms with Gasteiger partial charge in [0.2, 0.25) is 5.88 Å². The molecule has 1 aromatic heterocycles. The van der Waals surface area contributed by atoms with Crippen molar-refractivity contribution in [2.45, 2.75) is 13.5 Å². The van der Waals surface area contributed by atoms with Gasteiger partial charge in [0, 0.05) is 36.6 Å². The zero-order chi connectivity index (χ0) is 22.1. The summed E-state index contributed by atoms with van der Waals surface area (Å²) < 4.78 is 29.4. The van der Waals surface area contributed by atoms with E-state index in [1.165, 1.54) is 12.1 Å². The van der Waals surface area contributed by atoms with E-state index in [4.69, 9.17) is 14.2 Å². The number of guanidine groups is 1. The van der Waals surface area contributed by atoms with E-state index in [-0.39, 0.29) is 5.82 Å². The average molecular weight is 424 g/mol. The summed E-state index contributed by atoms with van der Waals surface area (Å²) in [6.07, 6.45) is 1.68. The number of benzene rings is 2. The number of nitrogens with one attached hydrogen (secondary N) is 2. The molecule has 162 valence electrons. The maximum Gasteiger partial charge on any atom is 0.219 e. The maximum atomic E-state index is 13.3. The Morgan fingerprint density at radius 2 is 1.87 bits per heavy atom. The first-order valence-electron chi connectivity index (χ1n) is 9.77. The Bertz CT molecular complexity index is 1030. The van der Waals surface area contributed by atoms with Gasteiger partial charge in [0.05, 0.1) is 20.8 Å². The third-order valence-electron chi connectivity index (χ3n) is 4.23. The van der Waals surface area contributed by atoms with Gasteiger partial charge in [-0.25, -0.2) is 14.4 Å². The third-order valence-corrected chi connectivity index (χ3v) is 4.23. The summed E-state index contributed by atoms with van der Waals surface area (Å²) in [6, 6.07) is 15.1. The first-order chi connectivity index (χ1) is 15.1. The number of nitrogens with zero attached hydrogens (tertiary/aromatic N) is 2. The molecule has 0 spiro atoms. The highest BCUT2D eigenvalue weighted by molar-refractivity contribution is 5.93. The van der Waals surface area contributed by atoms with E-state index in [0.717, 1.165) is 11.3 Å². The number of rotatable bonds is 8. The number of methoxy groups -OCH3 is 2.